The van der Waals surface area contributed by atoms with E-state index in [0.29, 0.717) is 18.4 Å². The van der Waals surface area contributed by atoms with E-state index in [1.54, 1.807) is 0 Å². The number of aromatic nitrogens is 4. The zero-order valence-corrected chi connectivity index (χ0v) is 13.0. The molecular weight excluding hydrogens is 359 g/mol. The third-order valence-corrected chi connectivity index (χ3v) is 3.93. The number of rotatable bonds is 2. The van der Waals surface area contributed by atoms with Gasteiger partial charge in [0, 0.05) is 23.3 Å². The van der Waals surface area contributed by atoms with Gasteiger partial charge in [0.25, 0.3) is 11.8 Å². The second-order valence-corrected chi connectivity index (χ2v) is 5.79. The quantitative estimate of drug-likeness (QED) is 0.511. The molecule has 0 amide bonds. The van der Waals surface area contributed by atoms with Gasteiger partial charge in [0.1, 0.15) is 11.4 Å². The van der Waals surface area contributed by atoms with Crippen LogP contribution in [0.5, 0.6) is 0 Å². The van der Waals surface area contributed by atoms with Gasteiger partial charge in [-0.3, -0.25) is 0 Å². The number of fused-ring (bicyclic) bond motifs is 3. The van der Waals surface area contributed by atoms with Crippen LogP contribution in [0.2, 0.25) is 0 Å². The van der Waals surface area contributed by atoms with Crippen molar-refractivity contribution in [3.05, 3.63) is 41.9 Å². The molecule has 4 aromatic rings. The van der Waals surface area contributed by atoms with Gasteiger partial charge < -0.3 is 9.40 Å². The molecule has 0 radical (unpaired) electrons. The molecule has 0 fully saturated rings. The molecule has 0 spiro atoms. The molecule has 3 aromatic heterocycles. The zero-order chi connectivity index (χ0) is 18.7. The fraction of sp³-hybridized carbons (Fsp3) is 0.188. The molecule has 10 heteroatoms. The number of benzene rings is 1. The summed E-state index contributed by atoms with van der Waals surface area (Å²) in [5.74, 6) is -3.40. The molecular formula is C16H9F5N4O. The number of alkyl halides is 5. The third-order valence-electron chi connectivity index (χ3n) is 3.93. The molecule has 0 aliphatic rings. The van der Waals surface area contributed by atoms with Crippen LogP contribution in [-0.4, -0.2) is 20.2 Å². The maximum absolute atomic E-state index is 13.9. The highest BCUT2D eigenvalue weighted by atomic mass is 19.4. The summed E-state index contributed by atoms with van der Waals surface area (Å²) in [6, 6.07) is 4.79. The topological polar surface area (TPSA) is 67.6 Å². The number of aromatic amines is 1. The maximum atomic E-state index is 13.9. The monoisotopic (exact) mass is 368 g/mol. The Morgan fingerprint density at radius 2 is 1.85 bits per heavy atom. The minimum Gasteiger partial charge on any atom is -0.422 e. The lowest BCUT2D eigenvalue weighted by Gasteiger charge is -2.17. The summed E-state index contributed by atoms with van der Waals surface area (Å²) in [7, 11) is 0. The summed E-state index contributed by atoms with van der Waals surface area (Å²) >= 11 is 0. The summed E-state index contributed by atoms with van der Waals surface area (Å²) in [4.78, 5) is 6.38. The molecule has 0 saturated heterocycles. The van der Waals surface area contributed by atoms with Gasteiger partial charge in [-0.05, 0) is 12.1 Å². The van der Waals surface area contributed by atoms with Gasteiger partial charge in [0.15, 0.2) is 0 Å². The molecule has 4 rings (SSSR count). The van der Waals surface area contributed by atoms with Gasteiger partial charge in [-0.15, -0.1) is 10.2 Å². The highest BCUT2D eigenvalue weighted by molar-refractivity contribution is 6.06. The molecule has 0 unspecified atom stereocenters. The second kappa shape index (κ2) is 5.23. The van der Waals surface area contributed by atoms with Crippen molar-refractivity contribution in [1.82, 2.24) is 20.2 Å². The van der Waals surface area contributed by atoms with E-state index in [4.69, 9.17) is 4.42 Å². The van der Waals surface area contributed by atoms with Gasteiger partial charge in [-0.1, -0.05) is 12.1 Å². The first-order chi connectivity index (χ1) is 12.1. The minimum absolute atomic E-state index is 0.0480. The molecule has 5 nitrogen and oxygen atoms in total. The van der Waals surface area contributed by atoms with Gasteiger partial charge >= 0.3 is 6.18 Å². The van der Waals surface area contributed by atoms with Crippen molar-refractivity contribution >= 4 is 21.8 Å². The average Bonchev–Trinajstić information content (AvgIpc) is 3.20. The summed E-state index contributed by atoms with van der Waals surface area (Å²) in [6.07, 6.45) is -3.74. The van der Waals surface area contributed by atoms with Crippen molar-refractivity contribution in [3.63, 3.8) is 0 Å². The Balaban J connectivity index is 2.09. The van der Waals surface area contributed by atoms with Crippen molar-refractivity contribution in [1.29, 1.82) is 0 Å². The van der Waals surface area contributed by atoms with Crippen LogP contribution >= 0.6 is 0 Å². The van der Waals surface area contributed by atoms with Gasteiger partial charge in [0.05, 0.1) is 11.0 Å². The number of nitrogens with zero attached hydrogens (tertiary/aromatic N) is 3. The number of hydrogen-bond donors (Lipinski definition) is 1. The molecule has 1 N–H and O–H groups in total. The van der Waals surface area contributed by atoms with E-state index in [1.807, 2.05) is 0 Å². The number of nitrogens with one attached hydrogen (secondary N) is 1. The van der Waals surface area contributed by atoms with E-state index in [9.17, 15) is 22.0 Å². The lowest BCUT2D eigenvalue weighted by atomic mass is 10.0. The first kappa shape index (κ1) is 16.4. The minimum atomic E-state index is -4.82. The molecule has 0 atom stereocenters. The Labute approximate surface area is 141 Å². The lowest BCUT2D eigenvalue weighted by Crippen LogP contribution is -2.14. The van der Waals surface area contributed by atoms with E-state index in [2.05, 4.69) is 20.2 Å². The van der Waals surface area contributed by atoms with Gasteiger partial charge in [-0.25, -0.2) is 13.8 Å². The maximum Gasteiger partial charge on any atom is 0.431 e. The Morgan fingerprint density at radius 1 is 1.08 bits per heavy atom. The molecule has 0 aliphatic carbocycles. The van der Waals surface area contributed by atoms with Crippen LogP contribution in [0.4, 0.5) is 22.0 Å². The highest BCUT2D eigenvalue weighted by Crippen LogP contribution is 2.39. The van der Waals surface area contributed by atoms with Crippen LogP contribution in [0.25, 0.3) is 33.4 Å². The fourth-order valence-electron chi connectivity index (χ4n) is 2.80. The lowest BCUT2D eigenvalue weighted by molar-refractivity contribution is -0.141. The number of pyridine rings is 1. The van der Waals surface area contributed by atoms with E-state index in [0.717, 1.165) is 6.39 Å². The van der Waals surface area contributed by atoms with Crippen molar-refractivity contribution in [2.24, 2.45) is 0 Å². The highest BCUT2D eigenvalue weighted by Gasteiger charge is 2.36. The Bertz CT molecular complexity index is 1110. The van der Waals surface area contributed by atoms with Gasteiger partial charge in [0.2, 0.25) is 6.39 Å². The molecule has 26 heavy (non-hydrogen) atoms. The smallest absolute Gasteiger partial charge is 0.422 e. The molecule has 1 aromatic carbocycles. The first-order valence-electron chi connectivity index (χ1n) is 7.33. The van der Waals surface area contributed by atoms with Crippen LogP contribution in [0, 0.1) is 0 Å². The van der Waals surface area contributed by atoms with Crippen LogP contribution < -0.4 is 0 Å². The molecule has 3 heterocycles. The molecule has 0 saturated carbocycles. The number of H-pyrrole nitrogens is 1. The van der Waals surface area contributed by atoms with Crippen LogP contribution in [0.1, 0.15) is 18.2 Å². The Morgan fingerprint density at radius 3 is 2.46 bits per heavy atom. The second-order valence-electron chi connectivity index (χ2n) is 5.79. The summed E-state index contributed by atoms with van der Waals surface area (Å²) < 4.78 is 72.5. The summed E-state index contributed by atoms with van der Waals surface area (Å²) in [5.41, 5.74) is -1.81. The number of hydrogen-bond acceptors (Lipinski definition) is 4. The van der Waals surface area contributed by atoms with Crippen molar-refractivity contribution in [3.8, 4) is 11.6 Å². The molecule has 0 aliphatic heterocycles. The van der Waals surface area contributed by atoms with E-state index < -0.39 is 23.4 Å². The third kappa shape index (κ3) is 2.57. The molecule has 0 bridgehead atoms. The van der Waals surface area contributed by atoms with Crippen LogP contribution in [0.15, 0.2) is 35.1 Å². The van der Waals surface area contributed by atoms with Crippen molar-refractivity contribution in [2.45, 2.75) is 19.0 Å². The normalized spacial score (nSPS) is 13.0. The summed E-state index contributed by atoms with van der Waals surface area (Å²) in [6.45, 7) is 0.550. The summed E-state index contributed by atoms with van der Waals surface area (Å²) in [5, 5.41) is 7.60. The van der Waals surface area contributed by atoms with Crippen molar-refractivity contribution < 1.29 is 26.4 Å². The van der Waals surface area contributed by atoms with E-state index in [1.165, 1.54) is 18.2 Å². The Kier molecular flexibility index (Phi) is 3.30. The fourth-order valence-corrected chi connectivity index (χ4v) is 2.80. The largest absolute Gasteiger partial charge is 0.431 e. The Hall–Kier alpha value is -3.04. The predicted octanol–water partition coefficient (Wildman–Crippen LogP) is 4.90. The van der Waals surface area contributed by atoms with E-state index >= 15 is 0 Å². The standard InChI is InChI=1S/C16H9F5N4O/c1-15(17,18)9-5-11(16(19,20)21)24-13-8(9)3-2-7-4-10(23-12(7)13)14-25-22-6-26-14/h2-6,24H,1H3. The molecule has 134 valence electrons. The van der Waals surface area contributed by atoms with Crippen LogP contribution in [-0.2, 0) is 12.1 Å². The first-order valence-corrected chi connectivity index (χ1v) is 7.33. The van der Waals surface area contributed by atoms with Gasteiger partial charge in [-0.2, -0.15) is 13.2 Å². The predicted molar refractivity (Wildman–Crippen MR) is 81.5 cm³/mol. The van der Waals surface area contributed by atoms with Crippen LogP contribution in [0.3, 0.4) is 0 Å². The van der Waals surface area contributed by atoms with Crippen molar-refractivity contribution in [2.75, 3.05) is 0 Å². The zero-order valence-electron chi connectivity index (χ0n) is 13.0. The number of halogens is 5. The SMILES string of the molecule is CC(F)(F)c1cc(C(F)(F)F)[nH]c2c1ccc1cc(-c3nnco3)nc12. The average molecular weight is 368 g/mol. The van der Waals surface area contributed by atoms with E-state index in [-0.39, 0.29) is 28.0 Å².